The maximum atomic E-state index is 13.6. The zero-order valence-corrected chi connectivity index (χ0v) is 57.2. The molecule has 12 rings (SSSR count). The van der Waals surface area contributed by atoms with E-state index in [0.29, 0.717) is 50.6 Å². The van der Waals surface area contributed by atoms with Gasteiger partial charge in [0.05, 0.1) is 38.7 Å². The Morgan fingerprint density at radius 1 is 0.458 bits per heavy atom. The van der Waals surface area contributed by atoms with Crippen LogP contribution >= 0.6 is 0 Å². The summed E-state index contributed by atoms with van der Waals surface area (Å²) in [6.45, 7) is 24.4. The van der Waals surface area contributed by atoms with Crippen molar-refractivity contribution in [2.75, 3.05) is 157 Å². The maximum absolute atomic E-state index is 13.6. The Labute approximate surface area is 571 Å². The fraction of sp³-hybridized carbons (Fsp3) is 0.449. The average molecular weight is 1320 g/mol. The lowest BCUT2D eigenvalue weighted by atomic mass is 10.1. The molecule has 5 atom stereocenters. The van der Waals surface area contributed by atoms with E-state index in [1.165, 1.54) is 45.5 Å². The number of carbonyl (C=O) groups is 1. The summed E-state index contributed by atoms with van der Waals surface area (Å²) in [4.78, 5) is 28.9. The number of aliphatic hydroxyl groups excluding tert-OH is 1. The molecule has 0 aromatic heterocycles. The van der Waals surface area contributed by atoms with Crippen molar-refractivity contribution in [3.05, 3.63) is 245 Å². The number of aliphatic hydroxyl groups is 1. The SMILES string of the molecule is CCOC(=O)C1CN(Cc2ccccc2)CCN1Cc1ccccc1.COCC1CN(Cc2ccccc2)CCN1Cc1ccccc1.COCC1CN(c2ccc(F)cc2F)CCN1.COCC1CNCCN1.OCC1CN(Cc2ccccc2)CCN1Cc1ccccc1. The number of ether oxygens (including phenoxy) is 4. The predicted molar refractivity (Wildman–Crippen MR) is 381 cm³/mol. The second-order valence-corrected chi connectivity index (χ2v) is 25.2. The Hall–Kier alpha value is -6.85. The van der Waals surface area contributed by atoms with Gasteiger partial charge in [-0.25, -0.2) is 8.78 Å². The molecule has 16 nitrogen and oxygen atoms in total. The molecule has 5 aliphatic rings. The highest BCUT2D eigenvalue weighted by Crippen LogP contribution is 2.23. The molecule has 7 aromatic rings. The Kier molecular flexibility index (Phi) is 33.4. The number of hydrogen-bond donors (Lipinski definition) is 4. The van der Waals surface area contributed by atoms with Gasteiger partial charge in [0.1, 0.15) is 17.7 Å². The summed E-state index contributed by atoms with van der Waals surface area (Å²) >= 11 is 0. The Balaban J connectivity index is 0.000000158. The summed E-state index contributed by atoms with van der Waals surface area (Å²) in [5, 5.41) is 19.7. The van der Waals surface area contributed by atoms with E-state index in [2.05, 4.69) is 197 Å². The van der Waals surface area contributed by atoms with Gasteiger partial charge in [-0.2, -0.15) is 0 Å². The van der Waals surface area contributed by atoms with Crippen LogP contribution in [0.15, 0.2) is 200 Å². The van der Waals surface area contributed by atoms with Crippen LogP contribution in [-0.4, -0.2) is 223 Å². The van der Waals surface area contributed by atoms with Gasteiger partial charge in [0.25, 0.3) is 0 Å². The molecule has 5 aliphatic heterocycles. The minimum atomic E-state index is -0.546. The number of anilines is 1. The molecule has 0 spiro atoms. The summed E-state index contributed by atoms with van der Waals surface area (Å²) in [5.74, 6) is -1.17. The largest absolute Gasteiger partial charge is 0.465 e. The van der Waals surface area contributed by atoms with Crippen LogP contribution in [0.1, 0.15) is 40.3 Å². The quantitative estimate of drug-likeness (QED) is 0.0482. The highest BCUT2D eigenvalue weighted by Gasteiger charge is 2.34. The molecule has 518 valence electrons. The topological polar surface area (TPSA) is 133 Å². The van der Waals surface area contributed by atoms with E-state index < -0.39 is 11.6 Å². The van der Waals surface area contributed by atoms with Gasteiger partial charge < -0.3 is 44.9 Å². The molecule has 96 heavy (non-hydrogen) atoms. The van der Waals surface area contributed by atoms with Crippen molar-refractivity contribution >= 4 is 11.7 Å². The third-order valence-electron chi connectivity index (χ3n) is 17.9. The highest BCUT2D eigenvalue weighted by atomic mass is 19.1. The lowest BCUT2D eigenvalue weighted by Gasteiger charge is -2.41. The zero-order chi connectivity index (χ0) is 67.4. The van der Waals surface area contributed by atoms with Crippen LogP contribution in [0.5, 0.6) is 0 Å². The third kappa shape index (κ3) is 26.2. The van der Waals surface area contributed by atoms with Crippen molar-refractivity contribution in [1.29, 1.82) is 0 Å². The molecule has 5 unspecified atom stereocenters. The normalized spacial score (nSPS) is 20.6. The fourth-order valence-corrected chi connectivity index (χ4v) is 12.9. The molecule has 0 amide bonds. The van der Waals surface area contributed by atoms with Gasteiger partial charge in [0.2, 0.25) is 0 Å². The maximum Gasteiger partial charge on any atom is 0.324 e. The standard InChI is InChI=1S/C21H26N2O2.C20H26N2O.C19H24N2O.C12H16F2N2O.C6H14N2O/c1-2-25-21(24)20-17-22(15-18-9-5-3-6-10-18)13-14-23(20)16-19-11-7-4-8-12-19;1-23-17-20-16-21(14-18-8-4-2-5-9-18)12-13-22(20)15-19-10-6-3-7-11-19;22-16-19-15-20(13-17-7-3-1-4-8-17)11-12-21(19)14-18-9-5-2-6-10-18;1-17-8-10-7-16(5-4-15-10)12-3-2-9(13)6-11(12)14;1-9-5-6-4-7-2-3-8-6/h3-12,20H,2,13-17H2,1H3;2-11,20H,12-17H2,1H3;1-10,19,22H,11-16H2;2-3,6,10,15H,4-5,7-8H2,1H3;6-8H,2-5H2,1H3. The van der Waals surface area contributed by atoms with Gasteiger partial charge in [-0.15, -0.1) is 0 Å². The number of methoxy groups -OCH3 is 3. The fourth-order valence-electron chi connectivity index (χ4n) is 12.9. The molecule has 5 saturated heterocycles. The van der Waals surface area contributed by atoms with Crippen LogP contribution in [0.4, 0.5) is 14.5 Å². The van der Waals surface area contributed by atoms with E-state index >= 15 is 0 Å². The van der Waals surface area contributed by atoms with Crippen LogP contribution in [-0.2, 0) is 63.0 Å². The van der Waals surface area contributed by atoms with Gasteiger partial charge in [-0.3, -0.25) is 34.2 Å². The van der Waals surface area contributed by atoms with Crippen LogP contribution in [0.2, 0.25) is 0 Å². The van der Waals surface area contributed by atoms with E-state index in [4.69, 9.17) is 18.9 Å². The zero-order valence-electron chi connectivity index (χ0n) is 57.2. The van der Waals surface area contributed by atoms with Crippen molar-refractivity contribution < 1.29 is 37.6 Å². The first-order valence-corrected chi connectivity index (χ1v) is 34.3. The average Bonchev–Trinajstić information content (AvgIpc) is 0.892. The minimum absolute atomic E-state index is 0.115. The van der Waals surface area contributed by atoms with E-state index in [9.17, 15) is 18.7 Å². The second-order valence-electron chi connectivity index (χ2n) is 25.2. The third-order valence-corrected chi connectivity index (χ3v) is 17.9. The van der Waals surface area contributed by atoms with Crippen molar-refractivity contribution in [2.24, 2.45) is 0 Å². The van der Waals surface area contributed by atoms with Crippen LogP contribution in [0.3, 0.4) is 0 Å². The smallest absolute Gasteiger partial charge is 0.324 e. The van der Waals surface area contributed by atoms with Crippen LogP contribution in [0, 0.1) is 11.6 Å². The van der Waals surface area contributed by atoms with Crippen molar-refractivity contribution in [3.63, 3.8) is 0 Å². The van der Waals surface area contributed by atoms with Gasteiger partial charge in [-0.05, 0) is 52.4 Å². The molecule has 18 heteroatoms. The van der Waals surface area contributed by atoms with Crippen molar-refractivity contribution in [1.82, 2.24) is 45.3 Å². The number of benzene rings is 7. The number of halogens is 2. The Morgan fingerprint density at radius 3 is 1.31 bits per heavy atom. The molecular formula is C78H106F2N10O6. The number of hydrogen-bond acceptors (Lipinski definition) is 16. The van der Waals surface area contributed by atoms with Gasteiger partial charge >= 0.3 is 5.97 Å². The van der Waals surface area contributed by atoms with Crippen LogP contribution < -0.4 is 20.9 Å². The summed E-state index contributed by atoms with van der Waals surface area (Å²) in [5.41, 5.74) is 8.39. The highest BCUT2D eigenvalue weighted by molar-refractivity contribution is 5.76. The van der Waals surface area contributed by atoms with E-state index in [1.54, 1.807) is 21.3 Å². The van der Waals surface area contributed by atoms with Gasteiger partial charge in [0, 0.05) is 189 Å². The number of nitrogens with one attached hydrogen (secondary N) is 3. The number of rotatable bonds is 22. The molecule has 5 heterocycles. The lowest BCUT2D eigenvalue weighted by Crippen LogP contribution is -2.56. The van der Waals surface area contributed by atoms with E-state index in [-0.39, 0.29) is 30.7 Å². The molecule has 0 bridgehead atoms. The van der Waals surface area contributed by atoms with E-state index in [0.717, 1.165) is 137 Å². The molecule has 0 aliphatic carbocycles. The monoisotopic (exact) mass is 1320 g/mol. The lowest BCUT2D eigenvalue weighted by molar-refractivity contribution is -0.152. The summed E-state index contributed by atoms with van der Waals surface area (Å²) in [6, 6.07) is 68.1. The summed E-state index contributed by atoms with van der Waals surface area (Å²) < 4.78 is 47.3. The van der Waals surface area contributed by atoms with Crippen molar-refractivity contribution in [2.45, 2.75) is 76.4 Å². The van der Waals surface area contributed by atoms with Gasteiger partial charge in [-0.1, -0.05) is 182 Å². The molecule has 0 radical (unpaired) electrons. The van der Waals surface area contributed by atoms with Crippen LogP contribution in [0.25, 0.3) is 0 Å². The molecule has 4 N–H and O–H groups in total. The molecular weight excluding hydrogens is 1210 g/mol. The van der Waals surface area contributed by atoms with E-state index in [1.807, 2.05) is 42.2 Å². The molecule has 7 aromatic carbocycles. The molecule has 0 saturated carbocycles. The number of carbonyl (C=O) groups excluding carboxylic acids is 1. The van der Waals surface area contributed by atoms with Gasteiger partial charge in [0.15, 0.2) is 0 Å². The first-order chi connectivity index (χ1) is 47.1. The molecule has 5 fully saturated rings. The Bertz CT molecular complexity index is 3170. The second kappa shape index (κ2) is 42.7. The predicted octanol–water partition coefficient (Wildman–Crippen LogP) is 8.90. The number of nitrogens with zero attached hydrogens (tertiary/aromatic N) is 7. The Morgan fingerprint density at radius 2 is 0.875 bits per heavy atom. The number of esters is 1. The summed E-state index contributed by atoms with van der Waals surface area (Å²) in [7, 11) is 5.17. The summed E-state index contributed by atoms with van der Waals surface area (Å²) in [6.07, 6.45) is 0. The first kappa shape index (κ1) is 74.9. The number of piperazine rings is 5. The minimum Gasteiger partial charge on any atom is -0.465 e. The van der Waals surface area contributed by atoms with Crippen molar-refractivity contribution in [3.8, 4) is 0 Å². The first-order valence-electron chi connectivity index (χ1n) is 34.3.